The molecule has 1 fully saturated rings. The van der Waals surface area contributed by atoms with Gasteiger partial charge in [-0.3, -0.25) is 0 Å². The molecule has 2 amide bonds. The monoisotopic (exact) mass is 338 g/mol. The number of benzene rings is 2. The Morgan fingerprint density at radius 2 is 1.80 bits per heavy atom. The van der Waals surface area contributed by atoms with Crippen molar-refractivity contribution in [2.75, 3.05) is 7.11 Å². The number of rotatable bonds is 4. The second-order valence-corrected chi connectivity index (χ2v) is 6.76. The molecule has 4 rings (SSSR count). The molecule has 5 nitrogen and oxygen atoms in total. The maximum atomic E-state index is 12.4. The highest BCUT2D eigenvalue weighted by Gasteiger charge is 2.42. The van der Waals surface area contributed by atoms with Gasteiger partial charge in [0.1, 0.15) is 5.75 Å². The minimum Gasteiger partial charge on any atom is -0.496 e. The Balaban J connectivity index is 1.38. The zero-order valence-electron chi connectivity index (χ0n) is 14.1. The van der Waals surface area contributed by atoms with Crippen LogP contribution in [0.1, 0.15) is 35.1 Å². The molecule has 0 radical (unpaired) electrons. The van der Waals surface area contributed by atoms with Crippen molar-refractivity contribution in [3.8, 4) is 5.75 Å². The summed E-state index contributed by atoms with van der Waals surface area (Å²) in [7, 11) is 1.66. The van der Waals surface area contributed by atoms with Gasteiger partial charge in [0.15, 0.2) is 0 Å². The number of hydrogen-bond donors (Lipinski definition) is 3. The lowest BCUT2D eigenvalue weighted by Crippen LogP contribution is -2.42. The van der Waals surface area contributed by atoms with E-state index in [-0.39, 0.29) is 24.0 Å². The average molecular weight is 338 g/mol. The van der Waals surface area contributed by atoms with Gasteiger partial charge in [0.05, 0.1) is 19.3 Å². The van der Waals surface area contributed by atoms with Crippen molar-refractivity contribution >= 4 is 6.03 Å². The second kappa shape index (κ2) is 6.41. The minimum absolute atomic E-state index is 0.102. The number of fused-ring (bicyclic) bond motifs is 1. The number of carbonyl (C=O) groups is 1. The maximum absolute atomic E-state index is 12.4. The fourth-order valence-corrected chi connectivity index (χ4v) is 3.77. The van der Waals surface area contributed by atoms with Crippen LogP contribution in [0.4, 0.5) is 4.79 Å². The molecule has 2 aromatic rings. The molecule has 0 heterocycles. The summed E-state index contributed by atoms with van der Waals surface area (Å²) in [6, 6.07) is 15.3. The van der Waals surface area contributed by atoms with Crippen LogP contribution < -0.4 is 15.4 Å². The third kappa shape index (κ3) is 3.07. The highest BCUT2D eigenvalue weighted by molar-refractivity contribution is 5.76. The Morgan fingerprint density at radius 1 is 1.08 bits per heavy atom. The Kier molecular flexibility index (Phi) is 4.09. The molecular formula is C20H22N2O3. The number of amides is 2. The summed E-state index contributed by atoms with van der Waals surface area (Å²) in [6.45, 7) is 0. The number of nitrogens with one attached hydrogen (secondary N) is 2. The van der Waals surface area contributed by atoms with Crippen molar-refractivity contribution in [2.24, 2.45) is 0 Å². The zero-order valence-corrected chi connectivity index (χ0v) is 14.1. The SMILES string of the molecule is COc1ccccc1[C@@H]1C[C@@H]1NC(=O)N[C@H]1c2ccccc2C[C@H]1O. The molecule has 0 unspecified atom stereocenters. The van der Waals surface area contributed by atoms with Crippen molar-refractivity contribution in [3.05, 3.63) is 65.2 Å². The van der Waals surface area contributed by atoms with E-state index in [4.69, 9.17) is 4.74 Å². The largest absolute Gasteiger partial charge is 0.496 e. The molecule has 3 N–H and O–H groups in total. The average Bonchev–Trinajstić information content (AvgIpc) is 3.31. The molecule has 1 saturated carbocycles. The van der Waals surface area contributed by atoms with Crippen LogP contribution in [0.15, 0.2) is 48.5 Å². The number of carbonyl (C=O) groups excluding carboxylic acids is 1. The van der Waals surface area contributed by atoms with Crippen LogP contribution in [-0.4, -0.2) is 30.4 Å². The fraction of sp³-hybridized carbons (Fsp3) is 0.350. The molecule has 4 atom stereocenters. The van der Waals surface area contributed by atoms with E-state index in [1.54, 1.807) is 7.11 Å². The summed E-state index contributed by atoms with van der Waals surface area (Å²) < 4.78 is 5.40. The third-order valence-electron chi connectivity index (χ3n) is 5.14. The van der Waals surface area contributed by atoms with Crippen LogP contribution in [-0.2, 0) is 6.42 Å². The predicted octanol–water partition coefficient (Wildman–Crippen LogP) is 2.51. The first kappa shape index (κ1) is 16.0. The first-order chi connectivity index (χ1) is 12.2. The number of methoxy groups -OCH3 is 1. The van der Waals surface area contributed by atoms with Gasteiger partial charge in [-0.25, -0.2) is 4.79 Å². The van der Waals surface area contributed by atoms with Crippen LogP contribution in [0, 0.1) is 0 Å². The van der Waals surface area contributed by atoms with Crippen molar-refractivity contribution < 1.29 is 14.6 Å². The molecule has 130 valence electrons. The highest BCUT2D eigenvalue weighted by atomic mass is 16.5. The summed E-state index contributed by atoms with van der Waals surface area (Å²) in [5, 5.41) is 16.2. The van der Waals surface area contributed by atoms with Crippen LogP contribution in [0.3, 0.4) is 0 Å². The molecule has 0 saturated heterocycles. The molecule has 0 bridgehead atoms. The lowest BCUT2D eigenvalue weighted by molar-refractivity contribution is 0.142. The summed E-state index contributed by atoms with van der Waals surface area (Å²) >= 11 is 0. The molecule has 2 aromatic carbocycles. The number of urea groups is 1. The normalized spacial score (nSPS) is 26.6. The van der Waals surface area contributed by atoms with E-state index in [2.05, 4.69) is 10.6 Å². The van der Waals surface area contributed by atoms with E-state index in [0.29, 0.717) is 6.42 Å². The standard InChI is InChI=1S/C20H22N2O3/c1-25-18-9-5-4-8-14(18)15-11-16(15)21-20(24)22-19-13-7-3-2-6-12(13)10-17(19)23/h2-9,15-17,19,23H,10-11H2,1H3,(H2,21,22,24)/t15-,16-,17+,19-/m0/s1. The first-order valence-corrected chi connectivity index (χ1v) is 8.63. The lowest BCUT2D eigenvalue weighted by Gasteiger charge is -2.18. The van der Waals surface area contributed by atoms with Gasteiger partial charge < -0.3 is 20.5 Å². The van der Waals surface area contributed by atoms with Gasteiger partial charge in [0.2, 0.25) is 0 Å². The summed E-state index contributed by atoms with van der Waals surface area (Å²) in [4.78, 5) is 12.4. The minimum atomic E-state index is -0.577. The van der Waals surface area contributed by atoms with Gasteiger partial charge in [-0.05, 0) is 29.2 Å². The molecule has 0 spiro atoms. The zero-order chi connectivity index (χ0) is 17.4. The first-order valence-electron chi connectivity index (χ1n) is 8.63. The van der Waals surface area contributed by atoms with E-state index >= 15 is 0 Å². The van der Waals surface area contributed by atoms with Gasteiger partial charge in [-0.15, -0.1) is 0 Å². The quantitative estimate of drug-likeness (QED) is 0.802. The van der Waals surface area contributed by atoms with Gasteiger partial charge in [0.25, 0.3) is 0 Å². The van der Waals surface area contributed by atoms with E-state index in [1.807, 2.05) is 48.5 Å². The molecular weight excluding hydrogens is 316 g/mol. The summed E-state index contributed by atoms with van der Waals surface area (Å²) in [6.07, 6.45) is 0.902. The molecule has 25 heavy (non-hydrogen) atoms. The lowest BCUT2D eigenvalue weighted by atomic mass is 10.1. The molecule has 0 aliphatic heterocycles. The number of ether oxygens (including phenoxy) is 1. The smallest absolute Gasteiger partial charge is 0.315 e. The Labute approximate surface area is 147 Å². The molecule has 2 aliphatic carbocycles. The summed E-state index contributed by atoms with van der Waals surface area (Å²) in [5.41, 5.74) is 3.22. The van der Waals surface area contributed by atoms with Gasteiger partial charge >= 0.3 is 6.03 Å². The Morgan fingerprint density at radius 3 is 2.60 bits per heavy atom. The van der Waals surface area contributed by atoms with Crippen LogP contribution in [0.2, 0.25) is 0 Å². The topological polar surface area (TPSA) is 70.6 Å². The number of hydrogen-bond acceptors (Lipinski definition) is 3. The van der Waals surface area contributed by atoms with E-state index in [0.717, 1.165) is 28.9 Å². The van der Waals surface area contributed by atoms with Crippen LogP contribution in [0.5, 0.6) is 5.75 Å². The van der Waals surface area contributed by atoms with E-state index in [1.165, 1.54) is 0 Å². The van der Waals surface area contributed by atoms with Crippen molar-refractivity contribution in [1.82, 2.24) is 10.6 Å². The van der Waals surface area contributed by atoms with E-state index in [9.17, 15) is 9.90 Å². The number of para-hydroxylation sites is 1. The van der Waals surface area contributed by atoms with Gasteiger partial charge in [0, 0.05) is 18.4 Å². The number of aliphatic hydroxyl groups is 1. The maximum Gasteiger partial charge on any atom is 0.315 e. The molecule has 5 heteroatoms. The highest BCUT2D eigenvalue weighted by Crippen LogP contribution is 2.44. The predicted molar refractivity (Wildman–Crippen MR) is 94.7 cm³/mol. The molecule has 0 aromatic heterocycles. The van der Waals surface area contributed by atoms with Gasteiger partial charge in [-0.2, -0.15) is 0 Å². The Bertz CT molecular complexity index is 792. The van der Waals surface area contributed by atoms with Crippen LogP contribution >= 0.6 is 0 Å². The number of aliphatic hydroxyl groups excluding tert-OH is 1. The Hall–Kier alpha value is -2.53. The third-order valence-corrected chi connectivity index (χ3v) is 5.14. The summed E-state index contributed by atoms with van der Waals surface area (Å²) in [5.74, 6) is 1.14. The van der Waals surface area contributed by atoms with E-state index < -0.39 is 6.10 Å². The second-order valence-electron chi connectivity index (χ2n) is 6.76. The van der Waals surface area contributed by atoms with Gasteiger partial charge in [-0.1, -0.05) is 42.5 Å². The van der Waals surface area contributed by atoms with Crippen molar-refractivity contribution in [2.45, 2.75) is 36.9 Å². The van der Waals surface area contributed by atoms with Crippen molar-refractivity contribution in [3.63, 3.8) is 0 Å². The fourth-order valence-electron chi connectivity index (χ4n) is 3.77. The van der Waals surface area contributed by atoms with Crippen molar-refractivity contribution in [1.29, 1.82) is 0 Å². The molecule has 2 aliphatic rings. The van der Waals surface area contributed by atoms with Crippen LogP contribution in [0.25, 0.3) is 0 Å².